The van der Waals surface area contributed by atoms with Crippen LogP contribution in [0.15, 0.2) is 109 Å². The number of methoxy groups -OCH3 is 1. The number of amides is 1. The summed E-state index contributed by atoms with van der Waals surface area (Å²) >= 11 is 0. The molecule has 3 heterocycles. The summed E-state index contributed by atoms with van der Waals surface area (Å²) in [4.78, 5) is 45.7. The van der Waals surface area contributed by atoms with Gasteiger partial charge in [-0.05, 0) is 35.4 Å². The molecule has 6 heteroatoms. The van der Waals surface area contributed by atoms with Gasteiger partial charge in [-0.25, -0.2) is 0 Å². The number of carbonyl (C=O) groups is 3. The average Bonchev–Trinajstić information content (AvgIpc) is 3.49. The Morgan fingerprint density at radius 2 is 1.55 bits per heavy atom. The molecule has 1 fully saturated rings. The number of benzene rings is 4. The molecule has 4 atom stereocenters. The zero-order valence-corrected chi connectivity index (χ0v) is 21.8. The number of fused-ring (bicyclic) bond motifs is 6. The van der Waals surface area contributed by atoms with Gasteiger partial charge >= 0.3 is 0 Å². The smallest absolute Gasteiger partial charge is 0.238 e. The maximum absolute atomic E-state index is 14.8. The number of carbonyl (C=O) groups excluding carboxylic acids is 3. The van der Waals surface area contributed by atoms with E-state index in [0.29, 0.717) is 22.6 Å². The van der Waals surface area contributed by atoms with Gasteiger partial charge in [0.1, 0.15) is 17.2 Å². The minimum Gasteiger partial charge on any atom is -0.497 e. The second-order valence-corrected chi connectivity index (χ2v) is 10.4. The molecule has 0 saturated carbocycles. The fraction of sp³-hybridized carbons (Fsp3) is 0.147. The van der Waals surface area contributed by atoms with Crippen molar-refractivity contribution in [1.29, 1.82) is 0 Å². The van der Waals surface area contributed by atoms with Crippen molar-refractivity contribution in [3.63, 3.8) is 0 Å². The van der Waals surface area contributed by atoms with Gasteiger partial charge in [0.2, 0.25) is 5.91 Å². The van der Waals surface area contributed by atoms with E-state index in [1.54, 1.807) is 43.5 Å². The maximum atomic E-state index is 14.8. The first-order chi connectivity index (χ1) is 19.6. The van der Waals surface area contributed by atoms with Crippen LogP contribution in [-0.4, -0.2) is 36.7 Å². The molecule has 0 unspecified atom stereocenters. The van der Waals surface area contributed by atoms with Crippen LogP contribution in [0.4, 0.5) is 11.4 Å². The van der Waals surface area contributed by atoms with E-state index in [0.717, 1.165) is 16.8 Å². The third-order valence-electron chi connectivity index (χ3n) is 8.51. The van der Waals surface area contributed by atoms with E-state index in [-0.39, 0.29) is 17.5 Å². The van der Waals surface area contributed by atoms with E-state index in [1.807, 2.05) is 83.8 Å². The van der Waals surface area contributed by atoms with Crippen molar-refractivity contribution < 1.29 is 19.1 Å². The molecule has 1 N–H and O–H groups in total. The summed E-state index contributed by atoms with van der Waals surface area (Å²) in [5.41, 5.74) is 2.69. The van der Waals surface area contributed by atoms with Gasteiger partial charge in [-0.2, -0.15) is 0 Å². The number of para-hydroxylation sites is 2. The third-order valence-corrected chi connectivity index (χ3v) is 8.51. The van der Waals surface area contributed by atoms with Crippen molar-refractivity contribution in [3.05, 3.63) is 131 Å². The van der Waals surface area contributed by atoms with Crippen LogP contribution in [0.1, 0.15) is 31.8 Å². The minimum atomic E-state index is -1.34. The van der Waals surface area contributed by atoms with E-state index in [1.165, 1.54) is 0 Å². The zero-order valence-electron chi connectivity index (χ0n) is 21.8. The van der Waals surface area contributed by atoms with Crippen molar-refractivity contribution in [2.24, 2.45) is 5.92 Å². The van der Waals surface area contributed by atoms with Gasteiger partial charge in [-0.3, -0.25) is 14.4 Å². The number of nitrogens with one attached hydrogen (secondary N) is 1. The molecule has 1 saturated heterocycles. The van der Waals surface area contributed by atoms with Crippen LogP contribution < -0.4 is 15.0 Å². The summed E-state index contributed by atoms with van der Waals surface area (Å²) in [5, 5.41) is 3.06. The van der Waals surface area contributed by atoms with Gasteiger partial charge in [0, 0.05) is 22.5 Å². The first-order valence-corrected chi connectivity index (χ1v) is 13.3. The van der Waals surface area contributed by atoms with Gasteiger partial charge in [0.15, 0.2) is 11.6 Å². The van der Waals surface area contributed by atoms with Crippen LogP contribution >= 0.6 is 0 Å². The van der Waals surface area contributed by atoms with Crippen LogP contribution in [0.5, 0.6) is 5.75 Å². The molecule has 196 valence electrons. The minimum absolute atomic E-state index is 0.203. The van der Waals surface area contributed by atoms with Crippen molar-refractivity contribution in [2.75, 3.05) is 17.3 Å². The molecule has 4 aromatic carbocycles. The quantitative estimate of drug-likeness (QED) is 0.345. The van der Waals surface area contributed by atoms with Crippen molar-refractivity contribution in [3.8, 4) is 5.75 Å². The zero-order chi connectivity index (χ0) is 27.4. The molecule has 1 spiro atoms. The standard InChI is InChI=1S/C34H26N2O4/c1-40-24-14-9-13-23(20-24)31(37)29-30(32(38)22-11-3-2-4-12-22)36-27-17-8-5-10-21(27)18-19-28(36)34(29)25-15-6-7-16-26(25)35-33(34)39/h2-20,28-30H,1H3,(H,35,39)/t28-,29-,30-,34+/m1/s1. The van der Waals surface area contributed by atoms with Gasteiger partial charge < -0.3 is 15.0 Å². The molecule has 3 aliphatic rings. The number of hydrogen-bond donors (Lipinski definition) is 1. The lowest BCUT2D eigenvalue weighted by atomic mass is 9.64. The number of rotatable bonds is 5. The SMILES string of the molecule is COc1cccc(C(=O)[C@H]2[C@H](C(=O)c3ccccc3)N3c4ccccc4C=C[C@@H]3[C@]23C(=O)Nc2ccccc23)c1. The Balaban J connectivity index is 1.54. The number of hydrogen-bond acceptors (Lipinski definition) is 5. The molecule has 0 aromatic heterocycles. The van der Waals surface area contributed by atoms with E-state index in [4.69, 9.17) is 4.74 Å². The fourth-order valence-corrected chi connectivity index (χ4v) is 6.85. The van der Waals surface area contributed by atoms with Crippen molar-refractivity contribution in [1.82, 2.24) is 0 Å². The second-order valence-electron chi connectivity index (χ2n) is 10.4. The molecular weight excluding hydrogens is 500 g/mol. The van der Waals surface area contributed by atoms with E-state index in [2.05, 4.69) is 5.32 Å². The molecule has 40 heavy (non-hydrogen) atoms. The Labute approximate surface area is 231 Å². The Morgan fingerprint density at radius 3 is 2.38 bits per heavy atom. The van der Waals surface area contributed by atoms with E-state index < -0.39 is 23.4 Å². The van der Waals surface area contributed by atoms with Crippen LogP contribution in [0.25, 0.3) is 6.08 Å². The molecule has 0 bridgehead atoms. The number of anilines is 2. The van der Waals surface area contributed by atoms with Gasteiger partial charge in [0.25, 0.3) is 0 Å². The highest BCUT2D eigenvalue weighted by Crippen LogP contribution is 2.58. The third kappa shape index (κ3) is 3.26. The molecule has 6 nitrogen and oxygen atoms in total. The largest absolute Gasteiger partial charge is 0.497 e. The Morgan fingerprint density at radius 1 is 0.825 bits per heavy atom. The lowest BCUT2D eigenvalue weighted by Gasteiger charge is -2.37. The van der Waals surface area contributed by atoms with E-state index in [9.17, 15) is 14.4 Å². The average molecular weight is 527 g/mol. The fourth-order valence-electron chi connectivity index (χ4n) is 6.85. The summed E-state index contributed by atoms with van der Waals surface area (Å²) in [5.74, 6) is -1.25. The maximum Gasteiger partial charge on any atom is 0.238 e. The first-order valence-electron chi connectivity index (χ1n) is 13.3. The molecule has 3 aliphatic heterocycles. The van der Waals surface area contributed by atoms with Gasteiger partial charge in [0.05, 0.1) is 19.1 Å². The lowest BCUT2D eigenvalue weighted by Crippen LogP contribution is -2.51. The van der Waals surface area contributed by atoms with Crippen molar-refractivity contribution in [2.45, 2.75) is 17.5 Å². The Bertz CT molecular complexity index is 1710. The van der Waals surface area contributed by atoms with Crippen LogP contribution in [0.3, 0.4) is 0 Å². The van der Waals surface area contributed by atoms with Crippen LogP contribution in [0, 0.1) is 5.92 Å². The number of nitrogens with zero attached hydrogens (tertiary/aromatic N) is 1. The molecule has 0 radical (unpaired) electrons. The molecule has 7 rings (SSSR count). The highest BCUT2D eigenvalue weighted by molar-refractivity contribution is 6.18. The van der Waals surface area contributed by atoms with Gasteiger partial charge in [-0.1, -0.05) is 91.0 Å². The summed E-state index contributed by atoms with van der Waals surface area (Å²) in [7, 11) is 1.55. The first kappa shape index (κ1) is 24.1. The molecule has 4 aromatic rings. The summed E-state index contributed by atoms with van der Waals surface area (Å²) in [6, 6.07) is 29.8. The molecule has 0 aliphatic carbocycles. The predicted molar refractivity (Wildman–Crippen MR) is 154 cm³/mol. The summed E-state index contributed by atoms with van der Waals surface area (Å²) < 4.78 is 5.43. The number of ketones is 2. The van der Waals surface area contributed by atoms with E-state index >= 15 is 0 Å². The summed E-state index contributed by atoms with van der Waals surface area (Å²) in [6.45, 7) is 0. The second kappa shape index (κ2) is 9.06. The van der Waals surface area contributed by atoms with Crippen LogP contribution in [-0.2, 0) is 10.2 Å². The lowest BCUT2D eigenvalue weighted by molar-refractivity contribution is -0.121. The predicted octanol–water partition coefficient (Wildman–Crippen LogP) is 5.55. The molecule has 1 amide bonds. The topological polar surface area (TPSA) is 75.7 Å². The van der Waals surface area contributed by atoms with Gasteiger partial charge in [-0.15, -0.1) is 0 Å². The van der Waals surface area contributed by atoms with Crippen LogP contribution in [0.2, 0.25) is 0 Å². The highest BCUT2D eigenvalue weighted by atomic mass is 16.5. The Kier molecular flexibility index (Phi) is 5.46. The normalized spacial score (nSPS) is 23.8. The highest BCUT2D eigenvalue weighted by Gasteiger charge is 2.70. The number of Topliss-reactive ketones (excluding diaryl/α,β-unsaturated/α-hetero) is 2. The molecular formula is C34H26N2O4. The monoisotopic (exact) mass is 526 g/mol. The van der Waals surface area contributed by atoms with Crippen molar-refractivity contribution >= 4 is 34.9 Å². The number of ether oxygens (including phenoxy) is 1. The Hall–Kier alpha value is -4.97. The summed E-state index contributed by atoms with van der Waals surface area (Å²) in [6.07, 6.45) is 3.98.